The molecule has 0 unspecified atom stereocenters. The number of hydrogen-bond acceptors (Lipinski definition) is 5. The van der Waals surface area contributed by atoms with Gasteiger partial charge in [-0.2, -0.15) is 0 Å². The Morgan fingerprint density at radius 2 is 1.90 bits per heavy atom. The summed E-state index contributed by atoms with van der Waals surface area (Å²) >= 11 is 0. The van der Waals surface area contributed by atoms with Gasteiger partial charge in [-0.25, -0.2) is 4.79 Å². The van der Waals surface area contributed by atoms with Gasteiger partial charge in [-0.05, 0) is 43.5 Å². The van der Waals surface area contributed by atoms with Gasteiger partial charge in [-0.3, -0.25) is 9.78 Å². The molecule has 2 heterocycles. The predicted molar refractivity (Wildman–Crippen MR) is 113 cm³/mol. The lowest BCUT2D eigenvalue weighted by Gasteiger charge is -2.36. The van der Waals surface area contributed by atoms with Crippen LogP contribution in [0.25, 0.3) is 0 Å². The number of rotatable bonds is 8. The van der Waals surface area contributed by atoms with E-state index in [9.17, 15) is 14.7 Å². The number of aliphatic hydroxyl groups is 1. The van der Waals surface area contributed by atoms with Crippen molar-refractivity contribution < 1.29 is 19.4 Å². The Bertz CT molecular complexity index is 803. The first-order chi connectivity index (χ1) is 14.6. The molecule has 3 amide bonds. The van der Waals surface area contributed by atoms with Gasteiger partial charge in [0.1, 0.15) is 6.10 Å². The number of nitrogens with one attached hydrogen (secondary N) is 3. The van der Waals surface area contributed by atoms with Gasteiger partial charge >= 0.3 is 6.03 Å². The first-order valence-electron chi connectivity index (χ1n) is 10.2. The van der Waals surface area contributed by atoms with E-state index in [0.29, 0.717) is 25.1 Å². The van der Waals surface area contributed by atoms with Gasteiger partial charge in [0.25, 0.3) is 0 Å². The molecule has 1 saturated heterocycles. The number of anilines is 1. The second-order valence-corrected chi connectivity index (χ2v) is 7.26. The Hall–Kier alpha value is -2.97. The molecule has 0 saturated carbocycles. The van der Waals surface area contributed by atoms with Crippen molar-refractivity contribution >= 4 is 17.6 Å². The molecule has 2 aromatic rings. The average molecular weight is 412 g/mol. The topological polar surface area (TPSA) is 113 Å². The van der Waals surface area contributed by atoms with E-state index in [0.717, 1.165) is 12.1 Å². The Kier molecular flexibility index (Phi) is 8.17. The van der Waals surface area contributed by atoms with Gasteiger partial charge < -0.3 is 25.8 Å². The molecule has 160 valence electrons. The molecule has 30 heavy (non-hydrogen) atoms. The van der Waals surface area contributed by atoms with Gasteiger partial charge in [-0.1, -0.05) is 24.3 Å². The van der Waals surface area contributed by atoms with Crippen LogP contribution in [0, 0.1) is 0 Å². The van der Waals surface area contributed by atoms with E-state index < -0.39 is 6.10 Å². The quantitative estimate of drug-likeness (QED) is 0.529. The van der Waals surface area contributed by atoms with Gasteiger partial charge in [0.05, 0.1) is 25.2 Å². The molecule has 4 N–H and O–H groups in total. The highest BCUT2D eigenvalue weighted by Crippen LogP contribution is 2.22. The standard InChI is InChI=1S/C22H28N4O4/c27-15-20-19(26-22(29)25-16-6-2-1-3-7-16)10-9-18(30-20)11-13-24-21(28)14-17-8-4-5-12-23-17/h1-8,12,18-20,27H,9-11,13-15H2,(H,24,28)(H2,25,26,29)/t18-,19+,20+/m0/s1. The van der Waals surface area contributed by atoms with E-state index in [4.69, 9.17) is 4.74 Å². The molecule has 0 radical (unpaired) electrons. The van der Waals surface area contributed by atoms with Crippen LogP contribution >= 0.6 is 0 Å². The van der Waals surface area contributed by atoms with Crippen molar-refractivity contribution in [3.63, 3.8) is 0 Å². The Morgan fingerprint density at radius 3 is 2.63 bits per heavy atom. The Labute approximate surface area is 176 Å². The molecule has 0 aliphatic carbocycles. The summed E-state index contributed by atoms with van der Waals surface area (Å²) in [6.45, 7) is 0.305. The van der Waals surface area contributed by atoms with Crippen molar-refractivity contribution in [2.45, 2.75) is 43.9 Å². The predicted octanol–water partition coefficient (Wildman–Crippen LogP) is 1.86. The number of pyridine rings is 1. The van der Waals surface area contributed by atoms with E-state index >= 15 is 0 Å². The fourth-order valence-electron chi connectivity index (χ4n) is 3.47. The molecule has 1 aromatic heterocycles. The maximum Gasteiger partial charge on any atom is 0.319 e. The molecule has 3 rings (SSSR count). The van der Waals surface area contributed by atoms with Crippen molar-refractivity contribution in [2.24, 2.45) is 0 Å². The lowest BCUT2D eigenvalue weighted by atomic mass is 9.97. The minimum absolute atomic E-state index is 0.0764. The molecule has 0 spiro atoms. The molecule has 8 heteroatoms. The first-order valence-corrected chi connectivity index (χ1v) is 10.2. The zero-order valence-electron chi connectivity index (χ0n) is 16.8. The van der Waals surface area contributed by atoms with Crippen LogP contribution in [0.1, 0.15) is 25.0 Å². The fourth-order valence-corrected chi connectivity index (χ4v) is 3.47. The molecule has 1 aliphatic rings. The van der Waals surface area contributed by atoms with E-state index in [1.807, 2.05) is 36.4 Å². The van der Waals surface area contributed by atoms with Gasteiger partial charge in [-0.15, -0.1) is 0 Å². The summed E-state index contributed by atoms with van der Waals surface area (Å²) in [5.74, 6) is -0.0830. The smallest absolute Gasteiger partial charge is 0.319 e. The molecule has 1 aliphatic heterocycles. The van der Waals surface area contributed by atoms with E-state index in [1.54, 1.807) is 18.3 Å². The van der Waals surface area contributed by atoms with Crippen LogP contribution in [-0.4, -0.2) is 53.4 Å². The number of urea groups is 1. The van der Waals surface area contributed by atoms with Crippen LogP contribution in [0.5, 0.6) is 0 Å². The number of para-hydroxylation sites is 1. The highest BCUT2D eigenvalue weighted by atomic mass is 16.5. The lowest BCUT2D eigenvalue weighted by Crippen LogP contribution is -2.52. The number of ether oxygens (including phenoxy) is 1. The second kappa shape index (κ2) is 11.3. The molecular weight excluding hydrogens is 384 g/mol. The summed E-state index contributed by atoms with van der Waals surface area (Å²) in [6.07, 6.45) is 3.43. The van der Waals surface area contributed by atoms with Crippen LogP contribution in [0.4, 0.5) is 10.5 Å². The Balaban J connectivity index is 1.38. The van der Waals surface area contributed by atoms with E-state index in [2.05, 4.69) is 20.9 Å². The zero-order chi connectivity index (χ0) is 21.2. The summed E-state index contributed by atoms with van der Waals surface area (Å²) in [7, 11) is 0. The van der Waals surface area contributed by atoms with Crippen molar-refractivity contribution in [3.05, 3.63) is 60.4 Å². The minimum Gasteiger partial charge on any atom is -0.394 e. The molecule has 1 fully saturated rings. The normalized spacial score (nSPS) is 20.9. The van der Waals surface area contributed by atoms with Gasteiger partial charge in [0.15, 0.2) is 0 Å². The van der Waals surface area contributed by atoms with Gasteiger partial charge in [0.2, 0.25) is 5.91 Å². The van der Waals surface area contributed by atoms with Crippen LogP contribution in [0.15, 0.2) is 54.7 Å². The molecule has 0 bridgehead atoms. The number of carbonyl (C=O) groups excluding carboxylic acids is 2. The highest BCUT2D eigenvalue weighted by molar-refractivity contribution is 5.89. The third-order valence-corrected chi connectivity index (χ3v) is 5.00. The second-order valence-electron chi connectivity index (χ2n) is 7.26. The molecule has 1 aromatic carbocycles. The number of amides is 3. The Morgan fingerprint density at radius 1 is 1.10 bits per heavy atom. The number of aliphatic hydroxyl groups excluding tert-OH is 1. The third kappa shape index (κ3) is 6.82. The molecule has 8 nitrogen and oxygen atoms in total. The summed E-state index contributed by atoms with van der Waals surface area (Å²) in [4.78, 5) is 28.4. The monoisotopic (exact) mass is 412 g/mol. The fraction of sp³-hybridized carbons (Fsp3) is 0.409. The minimum atomic E-state index is -0.477. The number of aromatic nitrogens is 1. The van der Waals surface area contributed by atoms with Crippen LogP contribution in [0.3, 0.4) is 0 Å². The summed E-state index contributed by atoms with van der Waals surface area (Å²) in [5, 5.41) is 18.2. The van der Waals surface area contributed by atoms with Crippen LogP contribution < -0.4 is 16.0 Å². The SMILES string of the molecule is O=C(Cc1ccccn1)NCC[C@@H]1CC[C@@H](NC(=O)Nc2ccccc2)[C@@H](CO)O1. The largest absolute Gasteiger partial charge is 0.394 e. The summed E-state index contributed by atoms with van der Waals surface area (Å²) < 4.78 is 5.94. The number of carbonyl (C=O) groups is 2. The maximum absolute atomic E-state index is 12.2. The number of nitrogens with zero attached hydrogens (tertiary/aromatic N) is 1. The van der Waals surface area contributed by atoms with Gasteiger partial charge in [0, 0.05) is 24.1 Å². The van der Waals surface area contributed by atoms with E-state index in [-0.39, 0.29) is 37.1 Å². The van der Waals surface area contributed by atoms with Crippen LogP contribution in [-0.2, 0) is 16.0 Å². The highest BCUT2D eigenvalue weighted by Gasteiger charge is 2.31. The maximum atomic E-state index is 12.2. The average Bonchev–Trinajstić information content (AvgIpc) is 2.76. The molecular formula is C22H28N4O4. The van der Waals surface area contributed by atoms with Crippen molar-refractivity contribution in [1.29, 1.82) is 0 Å². The first kappa shape index (κ1) is 21.7. The zero-order valence-corrected chi connectivity index (χ0v) is 16.8. The van der Waals surface area contributed by atoms with Crippen molar-refractivity contribution in [3.8, 4) is 0 Å². The summed E-state index contributed by atoms with van der Waals surface area (Å²) in [6, 6.07) is 14.1. The lowest BCUT2D eigenvalue weighted by molar-refractivity contribution is -0.121. The van der Waals surface area contributed by atoms with E-state index in [1.165, 1.54) is 0 Å². The molecule has 3 atom stereocenters. The van der Waals surface area contributed by atoms with Crippen molar-refractivity contribution in [1.82, 2.24) is 15.6 Å². The summed E-state index contributed by atoms with van der Waals surface area (Å²) in [5.41, 5.74) is 1.43. The number of benzene rings is 1. The third-order valence-electron chi connectivity index (χ3n) is 5.00. The number of hydrogen-bond donors (Lipinski definition) is 4. The van der Waals surface area contributed by atoms with Crippen molar-refractivity contribution in [2.75, 3.05) is 18.5 Å². The van der Waals surface area contributed by atoms with Crippen LogP contribution in [0.2, 0.25) is 0 Å².